The van der Waals surface area contributed by atoms with Crippen LogP contribution in [-0.4, -0.2) is 66.2 Å². The molecule has 0 bridgehead atoms. The third kappa shape index (κ3) is 10.3. The van der Waals surface area contributed by atoms with Gasteiger partial charge in [-0.05, 0) is 74.7 Å². The fraction of sp³-hybridized carbons (Fsp3) is 0.314. The van der Waals surface area contributed by atoms with Gasteiger partial charge in [0.05, 0.1) is 46.6 Å². The Labute approximate surface area is 332 Å². The van der Waals surface area contributed by atoms with Crippen molar-refractivity contribution in [2.75, 3.05) is 17.6 Å². The predicted octanol–water partition coefficient (Wildman–Crippen LogP) is 6.08. The number of alkyl halides is 3. The molecule has 312 valence electrons. The number of methoxy groups -OCH3 is 1. The fourth-order valence-corrected chi connectivity index (χ4v) is 7.32. The van der Waals surface area contributed by atoms with Crippen LogP contribution in [0.3, 0.4) is 0 Å². The van der Waals surface area contributed by atoms with Gasteiger partial charge >= 0.3 is 21.7 Å². The van der Waals surface area contributed by atoms with Crippen molar-refractivity contribution in [3.8, 4) is 17.3 Å². The van der Waals surface area contributed by atoms with Gasteiger partial charge in [-0.1, -0.05) is 23.7 Å². The van der Waals surface area contributed by atoms with Crippen LogP contribution in [0.1, 0.15) is 43.8 Å². The summed E-state index contributed by atoms with van der Waals surface area (Å²) in [5.74, 6) is -4.38. The van der Waals surface area contributed by atoms with Crippen LogP contribution in [0.2, 0.25) is 5.02 Å². The van der Waals surface area contributed by atoms with Gasteiger partial charge in [0.1, 0.15) is 28.8 Å². The zero-order chi connectivity index (χ0) is 43.0. The van der Waals surface area contributed by atoms with Crippen molar-refractivity contribution in [3.63, 3.8) is 0 Å². The monoisotopic (exact) mass is 876 g/mol. The van der Waals surface area contributed by atoms with Crippen LogP contribution in [0.5, 0.6) is 11.6 Å². The molecule has 3 aromatic carbocycles. The minimum absolute atomic E-state index is 0.0728. The van der Waals surface area contributed by atoms with Gasteiger partial charge in [-0.2, -0.15) is 31.7 Å². The number of anilines is 1. The number of halogens is 6. The molecule has 5 rings (SSSR count). The number of rotatable bonds is 13. The molecule has 0 radical (unpaired) electrons. The van der Waals surface area contributed by atoms with E-state index in [2.05, 4.69) is 24.3 Å². The van der Waals surface area contributed by atoms with Crippen molar-refractivity contribution in [2.24, 2.45) is 7.05 Å². The van der Waals surface area contributed by atoms with Crippen LogP contribution in [0.15, 0.2) is 65.5 Å². The van der Waals surface area contributed by atoms with E-state index in [0.717, 1.165) is 16.8 Å². The van der Waals surface area contributed by atoms with Gasteiger partial charge in [0, 0.05) is 19.5 Å². The maximum atomic E-state index is 14.4. The quantitative estimate of drug-likeness (QED) is 0.0792. The molecule has 15 nitrogen and oxygen atoms in total. The maximum absolute atomic E-state index is 14.4. The number of carbonyl (C=O) groups excluding carboxylic acids is 1. The van der Waals surface area contributed by atoms with Gasteiger partial charge in [0.15, 0.2) is 5.82 Å². The highest BCUT2D eigenvalue weighted by Crippen LogP contribution is 2.36. The Bertz CT molecular complexity index is 2630. The lowest BCUT2D eigenvalue weighted by atomic mass is 10.0. The number of nitrogens with one attached hydrogen (secondary N) is 2. The Morgan fingerprint density at radius 3 is 2.17 bits per heavy atom. The number of amides is 1. The SMILES string of the molecule is COc1ccc(CCS(=O)(=O)Nc2nn(C)c3c(-n4c([C@H](Cc5cc(F)cc(F)c5)NC(=O)OC(C)(C)C)nc(OS(=O)(=O)C(F)(F)F)cc4=O)ccc(Cl)c23)cc1. The second-order valence-electron chi connectivity index (χ2n) is 13.6. The van der Waals surface area contributed by atoms with Crippen molar-refractivity contribution in [1.82, 2.24) is 24.6 Å². The molecular weight excluding hydrogens is 843 g/mol. The first kappa shape index (κ1) is 43.6. The van der Waals surface area contributed by atoms with E-state index >= 15 is 0 Å². The number of hydrogen-bond acceptors (Lipinski definition) is 11. The lowest BCUT2D eigenvalue weighted by Gasteiger charge is -2.26. The standard InChI is InChI=1S/C35H34ClF5N6O9S2/c1-34(2,3)55-33(49)42-25(16-20-14-21(37)17-22(38)15-20)32-43-27(56-58(52,53)35(39,40)41)18-28(48)47(32)26-11-10-24(36)29-30(26)46(4)44-31(29)45-57(50,51)13-12-19-6-8-23(54-5)9-7-19/h6-11,14-15,17-18,25H,12-13,16H2,1-5H3,(H,42,49)(H,44,45)/t25-/m0/s1. The van der Waals surface area contributed by atoms with E-state index in [1.54, 1.807) is 24.3 Å². The van der Waals surface area contributed by atoms with Crippen molar-refractivity contribution >= 4 is 54.6 Å². The summed E-state index contributed by atoms with van der Waals surface area (Å²) in [6, 6.07) is 9.96. The van der Waals surface area contributed by atoms with Crippen LogP contribution in [0, 0.1) is 11.6 Å². The van der Waals surface area contributed by atoms with Crippen LogP contribution in [0.25, 0.3) is 16.6 Å². The van der Waals surface area contributed by atoms with E-state index in [1.165, 1.54) is 47.1 Å². The fourth-order valence-electron chi connectivity index (χ4n) is 5.63. The summed E-state index contributed by atoms with van der Waals surface area (Å²) < 4.78 is 139. The number of carbonyl (C=O) groups is 1. The van der Waals surface area contributed by atoms with Gasteiger partial charge in [0.2, 0.25) is 15.9 Å². The number of aryl methyl sites for hydroxylation is 2. The van der Waals surface area contributed by atoms with Gasteiger partial charge in [-0.25, -0.2) is 22.0 Å². The smallest absolute Gasteiger partial charge is 0.497 e. The molecule has 0 saturated carbocycles. The predicted molar refractivity (Wildman–Crippen MR) is 201 cm³/mol. The normalized spacial score (nSPS) is 12.9. The van der Waals surface area contributed by atoms with E-state index in [4.69, 9.17) is 21.1 Å². The minimum Gasteiger partial charge on any atom is -0.497 e. The summed E-state index contributed by atoms with van der Waals surface area (Å²) in [6.07, 6.45) is -1.75. The molecule has 0 aliphatic carbocycles. The molecule has 2 aromatic heterocycles. The number of alkyl carbamates (subject to hydrolysis) is 1. The number of fused-ring (bicyclic) bond motifs is 1. The third-order valence-electron chi connectivity index (χ3n) is 7.99. The molecule has 2 heterocycles. The Hall–Kier alpha value is -5.48. The molecule has 1 amide bonds. The molecule has 0 fully saturated rings. The first-order valence-corrected chi connectivity index (χ1v) is 20.2. The molecule has 0 spiro atoms. The summed E-state index contributed by atoms with van der Waals surface area (Å²) in [5, 5.41) is 6.48. The molecule has 58 heavy (non-hydrogen) atoms. The van der Waals surface area contributed by atoms with Crippen LogP contribution in [-0.2, 0) is 44.8 Å². The number of benzene rings is 3. The minimum atomic E-state index is -6.42. The molecule has 0 aliphatic heterocycles. The first-order chi connectivity index (χ1) is 26.9. The summed E-state index contributed by atoms with van der Waals surface area (Å²) >= 11 is 6.57. The topological polar surface area (TPSA) is 190 Å². The Kier molecular flexibility index (Phi) is 12.3. The number of aromatic nitrogens is 4. The highest BCUT2D eigenvalue weighted by Gasteiger charge is 2.49. The maximum Gasteiger partial charge on any atom is 0.534 e. The summed E-state index contributed by atoms with van der Waals surface area (Å²) in [7, 11) is -7.73. The lowest BCUT2D eigenvalue weighted by Crippen LogP contribution is -2.39. The summed E-state index contributed by atoms with van der Waals surface area (Å²) in [6.45, 7) is 4.48. The Morgan fingerprint density at radius 2 is 1.59 bits per heavy atom. The van der Waals surface area contributed by atoms with Crippen LogP contribution < -0.4 is 24.5 Å². The molecule has 23 heteroatoms. The van der Waals surface area contributed by atoms with Crippen LogP contribution >= 0.6 is 11.6 Å². The van der Waals surface area contributed by atoms with Crippen molar-refractivity contribution in [2.45, 2.75) is 50.8 Å². The first-order valence-electron chi connectivity index (χ1n) is 16.7. The second-order valence-corrected chi connectivity index (χ2v) is 17.4. The van der Waals surface area contributed by atoms with E-state index in [1.807, 2.05) is 0 Å². The molecular formula is C35H34ClF5N6O9S2. The van der Waals surface area contributed by atoms with Gasteiger partial charge in [-0.3, -0.25) is 18.8 Å². The van der Waals surface area contributed by atoms with E-state index in [0.29, 0.717) is 28.0 Å². The molecule has 0 saturated heterocycles. The van der Waals surface area contributed by atoms with Crippen molar-refractivity contribution < 1.29 is 57.2 Å². The molecule has 2 N–H and O–H groups in total. The van der Waals surface area contributed by atoms with Crippen molar-refractivity contribution in [3.05, 3.63) is 105 Å². The van der Waals surface area contributed by atoms with E-state index < -0.39 is 84.5 Å². The zero-order valence-corrected chi connectivity index (χ0v) is 33.4. The average Bonchev–Trinajstić information content (AvgIpc) is 3.41. The molecule has 0 unspecified atom stereocenters. The molecule has 1 atom stereocenters. The highest BCUT2D eigenvalue weighted by molar-refractivity contribution is 7.92. The van der Waals surface area contributed by atoms with Gasteiger partial charge in [-0.15, -0.1) is 0 Å². The Balaban J connectivity index is 1.70. The largest absolute Gasteiger partial charge is 0.534 e. The number of sulfonamides is 1. The second kappa shape index (κ2) is 16.4. The van der Waals surface area contributed by atoms with Gasteiger partial charge < -0.3 is 19.0 Å². The highest BCUT2D eigenvalue weighted by atomic mass is 35.5. The average molecular weight is 877 g/mol. The number of hydrogen-bond donors (Lipinski definition) is 2. The summed E-state index contributed by atoms with van der Waals surface area (Å²) in [4.78, 5) is 31.1. The Morgan fingerprint density at radius 1 is 0.948 bits per heavy atom. The molecule has 5 aromatic rings. The molecule has 0 aliphatic rings. The lowest BCUT2D eigenvalue weighted by molar-refractivity contribution is -0.0501. The summed E-state index contributed by atoms with van der Waals surface area (Å²) in [5.41, 5.74) is -8.21. The van der Waals surface area contributed by atoms with Crippen molar-refractivity contribution in [1.29, 1.82) is 0 Å². The number of nitrogens with zero attached hydrogens (tertiary/aromatic N) is 4. The van der Waals surface area contributed by atoms with E-state index in [9.17, 15) is 48.4 Å². The number of ether oxygens (including phenoxy) is 2. The van der Waals surface area contributed by atoms with E-state index in [-0.39, 0.29) is 39.4 Å². The van der Waals surface area contributed by atoms with Crippen LogP contribution in [0.4, 0.5) is 32.6 Å². The zero-order valence-electron chi connectivity index (χ0n) is 31.0. The van der Waals surface area contributed by atoms with Gasteiger partial charge in [0.25, 0.3) is 5.56 Å². The third-order valence-corrected chi connectivity index (χ3v) is 10.5.